The van der Waals surface area contributed by atoms with Crippen LogP contribution in [-0.2, 0) is 0 Å². The monoisotopic (exact) mass is 281 g/mol. The Kier molecular flexibility index (Phi) is 4.75. The third kappa shape index (κ3) is 5.16. The van der Waals surface area contributed by atoms with Gasteiger partial charge in [-0.15, -0.1) is 0 Å². The van der Waals surface area contributed by atoms with Crippen LogP contribution >= 0.6 is 0 Å². The van der Waals surface area contributed by atoms with Gasteiger partial charge in [-0.05, 0) is 25.7 Å². The van der Waals surface area contributed by atoms with E-state index in [1.807, 2.05) is 19.0 Å². The summed E-state index contributed by atoms with van der Waals surface area (Å²) in [6.07, 6.45) is 0.981. The number of hydrogen-bond donors (Lipinski definition) is 3. The van der Waals surface area contributed by atoms with Crippen LogP contribution in [0.1, 0.15) is 41.0 Å². The second-order valence-electron chi connectivity index (χ2n) is 7.07. The van der Waals surface area contributed by atoms with Crippen molar-refractivity contribution in [1.29, 1.82) is 0 Å². The van der Waals surface area contributed by atoms with E-state index in [1.165, 1.54) is 0 Å². The number of aromatic nitrogens is 3. The Balaban J connectivity index is 2.99. The lowest BCUT2D eigenvalue weighted by molar-refractivity contribution is 0.301. The van der Waals surface area contributed by atoms with Crippen molar-refractivity contribution in [2.75, 3.05) is 29.7 Å². The minimum atomic E-state index is -0.130. The van der Waals surface area contributed by atoms with Gasteiger partial charge < -0.3 is 10.2 Å². The van der Waals surface area contributed by atoms with Crippen LogP contribution in [0.15, 0.2) is 0 Å². The smallest absolute Gasteiger partial charge is 0.243 e. The summed E-state index contributed by atoms with van der Waals surface area (Å²) in [5.74, 6) is 6.83. The fraction of sp³-hybridized carbons (Fsp3) is 0.769. The molecule has 1 aromatic heterocycles. The van der Waals surface area contributed by atoms with Gasteiger partial charge in [0.15, 0.2) is 0 Å². The van der Waals surface area contributed by atoms with Crippen LogP contribution < -0.4 is 21.5 Å². The molecule has 7 heteroatoms. The van der Waals surface area contributed by atoms with E-state index in [0.717, 1.165) is 6.42 Å². The van der Waals surface area contributed by atoms with Crippen LogP contribution in [-0.4, -0.2) is 34.6 Å². The van der Waals surface area contributed by atoms with Gasteiger partial charge >= 0.3 is 0 Å². The predicted octanol–water partition coefficient (Wildman–Crippen LogP) is 1.85. The van der Waals surface area contributed by atoms with Crippen molar-refractivity contribution in [2.45, 2.75) is 46.6 Å². The number of rotatable bonds is 5. The van der Waals surface area contributed by atoms with Crippen LogP contribution in [0.4, 0.5) is 17.8 Å². The maximum atomic E-state index is 5.40. The number of nitrogens with zero attached hydrogens (tertiary/aromatic N) is 4. The van der Waals surface area contributed by atoms with Crippen LogP contribution in [0.5, 0.6) is 0 Å². The van der Waals surface area contributed by atoms with Crippen molar-refractivity contribution < 1.29 is 0 Å². The molecular weight excluding hydrogens is 254 g/mol. The first kappa shape index (κ1) is 16.4. The highest BCUT2D eigenvalue weighted by atomic mass is 15.4. The predicted molar refractivity (Wildman–Crippen MR) is 83.7 cm³/mol. The standard InChI is InChI=1S/C13H27N7/c1-12(2,3)8-13(4,5)18-9-15-10(19-14)17-11(16-9)20(6)7/h8,14H2,1-7H3,(H2,15,16,17,18,19). The largest absolute Gasteiger partial charge is 0.349 e. The number of anilines is 3. The van der Waals surface area contributed by atoms with Gasteiger partial charge in [-0.3, -0.25) is 5.43 Å². The lowest BCUT2D eigenvalue weighted by atomic mass is 9.82. The summed E-state index contributed by atoms with van der Waals surface area (Å²) < 4.78 is 0. The van der Waals surface area contributed by atoms with E-state index in [9.17, 15) is 0 Å². The summed E-state index contributed by atoms with van der Waals surface area (Å²) in [6, 6.07) is 0. The summed E-state index contributed by atoms with van der Waals surface area (Å²) >= 11 is 0. The van der Waals surface area contributed by atoms with E-state index in [0.29, 0.717) is 17.8 Å². The van der Waals surface area contributed by atoms with Crippen molar-refractivity contribution in [3.63, 3.8) is 0 Å². The normalized spacial score (nSPS) is 12.2. The van der Waals surface area contributed by atoms with Crippen LogP contribution in [0.3, 0.4) is 0 Å². The molecule has 0 aliphatic rings. The number of nitrogens with one attached hydrogen (secondary N) is 2. The molecule has 0 unspecified atom stereocenters. The Morgan fingerprint density at radius 2 is 1.55 bits per heavy atom. The third-order valence-corrected chi connectivity index (χ3v) is 2.58. The van der Waals surface area contributed by atoms with Crippen molar-refractivity contribution in [3.8, 4) is 0 Å². The summed E-state index contributed by atoms with van der Waals surface area (Å²) in [7, 11) is 3.75. The molecule has 0 atom stereocenters. The van der Waals surface area contributed by atoms with Crippen molar-refractivity contribution in [2.24, 2.45) is 11.3 Å². The highest BCUT2D eigenvalue weighted by Gasteiger charge is 2.26. The van der Waals surface area contributed by atoms with Crippen molar-refractivity contribution in [1.82, 2.24) is 15.0 Å². The molecule has 0 saturated carbocycles. The van der Waals surface area contributed by atoms with Gasteiger partial charge in [-0.1, -0.05) is 20.8 Å². The van der Waals surface area contributed by atoms with Gasteiger partial charge in [0.2, 0.25) is 17.8 Å². The molecule has 114 valence electrons. The van der Waals surface area contributed by atoms with Gasteiger partial charge in [0, 0.05) is 19.6 Å². The summed E-state index contributed by atoms with van der Waals surface area (Å²) in [6.45, 7) is 10.9. The molecule has 1 rings (SSSR count). The average Bonchev–Trinajstić information content (AvgIpc) is 2.24. The Labute approximate surface area is 121 Å². The number of nitrogens with two attached hydrogens (primary N) is 1. The zero-order valence-electron chi connectivity index (χ0n) is 13.6. The van der Waals surface area contributed by atoms with E-state index in [1.54, 1.807) is 0 Å². The first-order valence-corrected chi connectivity index (χ1v) is 6.71. The molecule has 0 radical (unpaired) electrons. The number of hydrogen-bond acceptors (Lipinski definition) is 7. The quantitative estimate of drug-likeness (QED) is 0.560. The highest BCUT2D eigenvalue weighted by Crippen LogP contribution is 2.29. The zero-order valence-corrected chi connectivity index (χ0v) is 13.6. The molecule has 20 heavy (non-hydrogen) atoms. The Bertz CT molecular complexity index is 449. The molecule has 4 N–H and O–H groups in total. The van der Waals surface area contributed by atoms with E-state index in [-0.39, 0.29) is 11.0 Å². The maximum Gasteiger partial charge on any atom is 0.243 e. The van der Waals surface area contributed by atoms with Crippen molar-refractivity contribution >= 4 is 17.8 Å². The lowest BCUT2D eigenvalue weighted by Gasteiger charge is -2.33. The molecule has 0 saturated heterocycles. The Hall–Kier alpha value is -1.63. The molecule has 0 aliphatic carbocycles. The summed E-state index contributed by atoms with van der Waals surface area (Å²) in [4.78, 5) is 14.6. The fourth-order valence-corrected chi connectivity index (χ4v) is 2.36. The number of nitrogen functional groups attached to an aromatic ring is 1. The molecule has 7 nitrogen and oxygen atoms in total. The van der Waals surface area contributed by atoms with Gasteiger partial charge in [0.1, 0.15) is 0 Å². The van der Waals surface area contributed by atoms with E-state index >= 15 is 0 Å². The second-order valence-corrected chi connectivity index (χ2v) is 7.07. The minimum absolute atomic E-state index is 0.130. The molecule has 0 aromatic carbocycles. The van der Waals surface area contributed by atoms with E-state index < -0.39 is 0 Å². The zero-order chi connectivity index (χ0) is 15.6. The first-order chi connectivity index (χ1) is 9.02. The Morgan fingerprint density at radius 3 is 2.00 bits per heavy atom. The minimum Gasteiger partial charge on any atom is -0.349 e. The van der Waals surface area contributed by atoms with Gasteiger partial charge in [-0.25, -0.2) is 5.84 Å². The maximum absolute atomic E-state index is 5.40. The van der Waals surface area contributed by atoms with Crippen molar-refractivity contribution in [3.05, 3.63) is 0 Å². The highest BCUT2D eigenvalue weighted by molar-refractivity contribution is 5.43. The fourth-order valence-electron chi connectivity index (χ4n) is 2.36. The molecule has 0 amide bonds. The number of hydrazine groups is 1. The molecular formula is C13H27N7. The van der Waals surface area contributed by atoms with Crippen LogP contribution in [0, 0.1) is 5.41 Å². The van der Waals surface area contributed by atoms with E-state index in [4.69, 9.17) is 5.84 Å². The van der Waals surface area contributed by atoms with Crippen LogP contribution in [0.2, 0.25) is 0 Å². The van der Waals surface area contributed by atoms with Gasteiger partial charge in [-0.2, -0.15) is 15.0 Å². The molecule has 0 aliphatic heterocycles. The Morgan fingerprint density at radius 1 is 1.00 bits per heavy atom. The van der Waals surface area contributed by atoms with Crippen LogP contribution in [0.25, 0.3) is 0 Å². The third-order valence-electron chi connectivity index (χ3n) is 2.58. The first-order valence-electron chi connectivity index (χ1n) is 6.71. The molecule has 0 bridgehead atoms. The molecule has 1 aromatic rings. The molecule has 0 spiro atoms. The van der Waals surface area contributed by atoms with Gasteiger partial charge in [0.25, 0.3) is 0 Å². The average molecular weight is 281 g/mol. The van der Waals surface area contributed by atoms with E-state index in [2.05, 4.69) is 60.3 Å². The van der Waals surface area contributed by atoms with Gasteiger partial charge in [0.05, 0.1) is 0 Å². The lowest BCUT2D eigenvalue weighted by Crippen LogP contribution is -2.36. The second kappa shape index (κ2) is 5.78. The SMILES string of the molecule is CN(C)c1nc(NN)nc(NC(C)(C)CC(C)(C)C)n1. The molecule has 1 heterocycles. The summed E-state index contributed by atoms with van der Waals surface area (Å²) in [5, 5.41) is 3.36. The topological polar surface area (TPSA) is 92.0 Å². The molecule has 0 fully saturated rings. The summed E-state index contributed by atoms with van der Waals surface area (Å²) in [5.41, 5.74) is 2.55.